The summed E-state index contributed by atoms with van der Waals surface area (Å²) in [5.74, 6) is 0.392. The molecule has 1 amide bonds. The topological polar surface area (TPSA) is 70.2 Å². The standard InChI is InChI=1S/C22H25N5O/c1-27(2)19-12-10-18(11-13-19)26-21-15-20(24-16-25-21)22(28)23-14-6-9-17-7-4-3-5-8-17/h3-5,7-8,10-13,15-16H,6,9,14H2,1-2H3,(H,23,28)(H,24,25,26). The molecule has 2 aromatic carbocycles. The van der Waals surface area contributed by atoms with Crippen LogP contribution in [-0.2, 0) is 6.42 Å². The number of aryl methyl sites for hydroxylation is 1. The second-order valence-corrected chi connectivity index (χ2v) is 6.70. The smallest absolute Gasteiger partial charge is 0.270 e. The molecule has 1 heterocycles. The number of rotatable bonds is 8. The summed E-state index contributed by atoms with van der Waals surface area (Å²) in [6.45, 7) is 0.604. The first kappa shape index (κ1) is 19.4. The number of carbonyl (C=O) groups excluding carboxylic acids is 1. The summed E-state index contributed by atoms with van der Waals surface area (Å²) >= 11 is 0. The molecule has 0 saturated heterocycles. The average Bonchev–Trinajstić information content (AvgIpc) is 2.72. The quantitative estimate of drug-likeness (QED) is 0.588. The number of amides is 1. The number of carbonyl (C=O) groups is 1. The van der Waals surface area contributed by atoms with Crippen molar-refractivity contribution in [2.45, 2.75) is 12.8 Å². The van der Waals surface area contributed by atoms with E-state index in [9.17, 15) is 4.79 Å². The Balaban J connectivity index is 1.52. The molecule has 0 fully saturated rings. The zero-order chi connectivity index (χ0) is 19.8. The third kappa shape index (κ3) is 5.54. The Morgan fingerprint density at radius 1 is 1.00 bits per heavy atom. The number of hydrogen-bond acceptors (Lipinski definition) is 5. The molecule has 0 aliphatic rings. The Labute approximate surface area is 165 Å². The fraction of sp³-hybridized carbons (Fsp3) is 0.227. The highest BCUT2D eigenvalue weighted by Gasteiger charge is 2.08. The van der Waals surface area contributed by atoms with Gasteiger partial charge in [0.05, 0.1) is 0 Å². The predicted octanol–water partition coefficient (Wildman–Crippen LogP) is 3.65. The van der Waals surface area contributed by atoms with Gasteiger partial charge in [-0.2, -0.15) is 0 Å². The largest absolute Gasteiger partial charge is 0.378 e. The van der Waals surface area contributed by atoms with Crippen LogP contribution in [0, 0.1) is 0 Å². The summed E-state index contributed by atoms with van der Waals surface area (Å²) in [4.78, 5) is 22.7. The van der Waals surface area contributed by atoms with Crippen LogP contribution in [0.4, 0.5) is 17.2 Å². The van der Waals surface area contributed by atoms with E-state index in [0.29, 0.717) is 18.1 Å². The van der Waals surface area contributed by atoms with Gasteiger partial charge in [-0.15, -0.1) is 0 Å². The molecule has 6 heteroatoms. The van der Waals surface area contributed by atoms with E-state index in [0.717, 1.165) is 24.2 Å². The van der Waals surface area contributed by atoms with Gasteiger partial charge in [-0.1, -0.05) is 30.3 Å². The van der Waals surface area contributed by atoms with Crippen molar-refractivity contribution in [3.05, 3.63) is 78.2 Å². The fourth-order valence-corrected chi connectivity index (χ4v) is 2.77. The number of anilines is 3. The summed E-state index contributed by atoms with van der Waals surface area (Å²) in [7, 11) is 4.00. The van der Waals surface area contributed by atoms with Crippen molar-refractivity contribution in [1.82, 2.24) is 15.3 Å². The molecular weight excluding hydrogens is 350 g/mol. The molecule has 28 heavy (non-hydrogen) atoms. The summed E-state index contributed by atoms with van der Waals surface area (Å²) < 4.78 is 0. The predicted molar refractivity (Wildman–Crippen MR) is 113 cm³/mol. The third-order valence-corrected chi connectivity index (χ3v) is 4.33. The maximum absolute atomic E-state index is 12.3. The first-order valence-corrected chi connectivity index (χ1v) is 9.30. The van der Waals surface area contributed by atoms with Crippen LogP contribution in [0.5, 0.6) is 0 Å². The van der Waals surface area contributed by atoms with Crippen LogP contribution in [0.25, 0.3) is 0 Å². The van der Waals surface area contributed by atoms with Gasteiger partial charge < -0.3 is 15.5 Å². The van der Waals surface area contributed by atoms with E-state index in [-0.39, 0.29) is 5.91 Å². The van der Waals surface area contributed by atoms with Gasteiger partial charge in [0, 0.05) is 38.1 Å². The minimum atomic E-state index is -0.193. The lowest BCUT2D eigenvalue weighted by Crippen LogP contribution is -2.25. The maximum Gasteiger partial charge on any atom is 0.270 e. The first-order valence-electron chi connectivity index (χ1n) is 9.30. The normalized spacial score (nSPS) is 10.4. The molecule has 3 rings (SSSR count). The van der Waals surface area contributed by atoms with Crippen LogP contribution in [0.2, 0.25) is 0 Å². The Morgan fingerprint density at radius 3 is 2.46 bits per heavy atom. The van der Waals surface area contributed by atoms with Gasteiger partial charge in [0.25, 0.3) is 5.91 Å². The van der Waals surface area contributed by atoms with Crippen LogP contribution >= 0.6 is 0 Å². The van der Waals surface area contributed by atoms with Gasteiger partial charge in [0.2, 0.25) is 0 Å². The summed E-state index contributed by atoms with van der Waals surface area (Å²) in [6.07, 6.45) is 3.21. The molecule has 0 radical (unpaired) electrons. The van der Waals surface area contributed by atoms with Gasteiger partial charge in [0.15, 0.2) is 0 Å². The minimum Gasteiger partial charge on any atom is -0.378 e. The molecule has 1 aromatic heterocycles. The highest BCUT2D eigenvalue weighted by atomic mass is 16.1. The third-order valence-electron chi connectivity index (χ3n) is 4.33. The second-order valence-electron chi connectivity index (χ2n) is 6.70. The molecule has 0 bridgehead atoms. The SMILES string of the molecule is CN(C)c1ccc(Nc2cc(C(=O)NCCCc3ccccc3)ncn2)cc1. The van der Waals surface area contributed by atoms with Crippen LogP contribution in [0.15, 0.2) is 67.0 Å². The summed E-state index contributed by atoms with van der Waals surface area (Å²) in [6, 6.07) is 19.9. The van der Waals surface area contributed by atoms with E-state index < -0.39 is 0 Å². The van der Waals surface area contributed by atoms with Crippen LogP contribution in [-0.4, -0.2) is 36.5 Å². The van der Waals surface area contributed by atoms with Crippen LogP contribution in [0.3, 0.4) is 0 Å². The van der Waals surface area contributed by atoms with Crippen LogP contribution in [0.1, 0.15) is 22.5 Å². The summed E-state index contributed by atoms with van der Waals surface area (Å²) in [5.41, 5.74) is 3.63. The molecule has 0 aliphatic carbocycles. The Morgan fingerprint density at radius 2 is 1.75 bits per heavy atom. The molecule has 0 spiro atoms. The zero-order valence-corrected chi connectivity index (χ0v) is 16.2. The van der Waals surface area contributed by atoms with E-state index >= 15 is 0 Å². The van der Waals surface area contributed by atoms with E-state index in [1.54, 1.807) is 6.07 Å². The second kappa shape index (κ2) is 9.50. The lowest BCUT2D eigenvalue weighted by molar-refractivity contribution is 0.0948. The van der Waals surface area contributed by atoms with Gasteiger partial charge in [-0.3, -0.25) is 4.79 Å². The van der Waals surface area contributed by atoms with Gasteiger partial charge >= 0.3 is 0 Å². The maximum atomic E-state index is 12.3. The van der Waals surface area contributed by atoms with Crippen molar-refractivity contribution < 1.29 is 4.79 Å². The Bertz CT molecular complexity index is 894. The number of benzene rings is 2. The number of nitrogens with one attached hydrogen (secondary N) is 2. The Hall–Kier alpha value is -3.41. The number of nitrogens with zero attached hydrogens (tertiary/aromatic N) is 3. The monoisotopic (exact) mass is 375 g/mol. The number of hydrogen-bond donors (Lipinski definition) is 2. The Kier molecular flexibility index (Phi) is 6.57. The molecule has 6 nitrogen and oxygen atoms in total. The van der Waals surface area contributed by atoms with Crippen molar-refractivity contribution in [1.29, 1.82) is 0 Å². The van der Waals surface area contributed by atoms with Gasteiger partial charge in [-0.05, 0) is 42.7 Å². The van der Waals surface area contributed by atoms with Gasteiger partial charge in [0.1, 0.15) is 17.8 Å². The highest BCUT2D eigenvalue weighted by molar-refractivity contribution is 5.92. The fourth-order valence-electron chi connectivity index (χ4n) is 2.77. The van der Waals surface area contributed by atoms with Crippen molar-refractivity contribution in [3.63, 3.8) is 0 Å². The van der Waals surface area contributed by atoms with Crippen molar-refractivity contribution in [2.75, 3.05) is 30.9 Å². The van der Waals surface area contributed by atoms with E-state index in [1.165, 1.54) is 11.9 Å². The highest BCUT2D eigenvalue weighted by Crippen LogP contribution is 2.19. The van der Waals surface area contributed by atoms with E-state index in [1.807, 2.05) is 61.5 Å². The van der Waals surface area contributed by atoms with Crippen molar-refractivity contribution in [3.8, 4) is 0 Å². The molecule has 0 atom stereocenters. The first-order chi connectivity index (χ1) is 13.6. The van der Waals surface area contributed by atoms with Crippen molar-refractivity contribution >= 4 is 23.1 Å². The lowest BCUT2D eigenvalue weighted by Gasteiger charge is -2.13. The zero-order valence-electron chi connectivity index (χ0n) is 16.2. The number of aromatic nitrogens is 2. The molecular formula is C22H25N5O. The van der Waals surface area contributed by atoms with Gasteiger partial charge in [-0.25, -0.2) is 9.97 Å². The molecule has 0 aliphatic heterocycles. The lowest BCUT2D eigenvalue weighted by atomic mass is 10.1. The molecule has 0 saturated carbocycles. The van der Waals surface area contributed by atoms with Crippen molar-refractivity contribution in [2.24, 2.45) is 0 Å². The summed E-state index contributed by atoms with van der Waals surface area (Å²) in [5, 5.41) is 6.12. The van der Waals surface area contributed by atoms with Crippen LogP contribution < -0.4 is 15.5 Å². The molecule has 144 valence electrons. The van der Waals surface area contributed by atoms with E-state index in [4.69, 9.17) is 0 Å². The average molecular weight is 375 g/mol. The molecule has 3 aromatic rings. The minimum absolute atomic E-state index is 0.193. The molecule has 0 unspecified atom stereocenters. The van der Waals surface area contributed by atoms with E-state index in [2.05, 4.69) is 32.7 Å². The molecule has 2 N–H and O–H groups in total.